The first-order valence-corrected chi connectivity index (χ1v) is 25.3. The lowest BCUT2D eigenvalue weighted by Crippen LogP contribution is -2.37. The summed E-state index contributed by atoms with van der Waals surface area (Å²) in [6.45, 7) is 4.12. The monoisotopic (exact) mass is 879 g/mol. The van der Waals surface area contributed by atoms with E-state index in [-0.39, 0.29) is 26.1 Å². The molecule has 0 aliphatic carbocycles. The molecule has 0 bridgehead atoms. The molecule has 0 saturated carbocycles. The van der Waals surface area contributed by atoms with E-state index in [0.29, 0.717) is 23.9 Å². The van der Waals surface area contributed by atoms with Crippen LogP contribution in [0.4, 0.5) is 0 Å². The van der Waals surface area contributed by atoms with Gasteiger partial charge in [-0.2, -0.15) is 0 Å². The number of phosphoric ester groups is 1. The van der Waals surface area contributed by atoms with Gasteiger partial charge in [-0.1, -0.05) is 189 Å². The molecule has 0 radical (unpaired) electrons. The molecule has 0 fully saturated rings. The second kappa shape index (κ2) is 41.4. The Morgan fingerprint density at radius 1 is 0.607 bits per heavy atom. The van der Waals surface area contributed by atoms with Crippen LogP contribution in [0, 0.1) is 0 Å². The molecule has 61 heavy (non-hydrogen) atoms. The third kappa shape index (κ3) is 45.3. The first kappa shape index (κ1) is 58.4. The van der Waals surface area contributed by atoms with E-state index in [9.17, 15) is 24.2 Å². The van der Waals surface area contributed by atoms with E-state index >= 15 is 0 Å². The second-order valence-electron chi connectivity index (χ2n) is 17.0. The van der Waals surface area contributed by atoms with E-state index in [1.165, 1.54) is 89.9 Å². The van der Waals surface area contributed by atoms with Gasteiger partial charge in [0.2, 0.25) is 0 Å². The van der Waals surface area contributed by atoms with Crippen LogP contribution >= 0.6 is 7.82 Å². The van der Waals surface area contributed by atoms with Crippen molar-refractivity contribution in [2.24, 2.45) is 0 Å². The molecule has 0 aromatic heterocycles. The Morgan fingerprint density at radius 3 is 1.67 bits per heavy atom. The van der Waals surface area contributed by atoms with Gasteiger partial charge in [-0.25, -0.2) is 4.57 Å². The zero-order chi connectivity index (χ0) is 45.1. The van der Waals surface area contributed by atoms with Crippen molar-refractivity contribution < 1.29 is 47.2 Å². The summed E-state index contributed by atoms with van der Waals surface area (Å²) in [7, 11) is 1.40. The number of nitrogens with zero attached hydrogens (tertiary/aromatic N) is 1. The number of allylic oxidation sites excluding steroid dienone is 10. The number of rotatable bonds is 42. The van der Waals surface area contributed by atoms with E-state index < -0.39 is 38.6 Å². The third-order valence-corrected chi connectivity index (χ3v) is 10.8. The largest absolute Gasteiger partial charge is 0.472 e. The van der Waals surface area contributed by atoms with Crippen LogP contribution in [0.15, 0.2) is 72.9 Å². The van der Waals surface area contributed by atoms with Gasteiger partial charge in [0.25, 0.3) is 0 Å². The fourth-order valence-corrected chi connectivity index (χ4v) is 6.87. The van der Waals surface area contributed by atoms with Crippen molar-refractivity contribution in [1.29, 1.82) is 0 Å². The average Bonchev–Trinajstić information content (AvgIpc) is 3.21. The summed E-state index contributed by atoms with van der Waals surface area (Å²) in [5.74, 6) is -0.917. The molecular formula is C50H89NO9P+. The number of unbranched alkanes of at least 4 members (excludes halogenated alkanes) is 16. The summed E-state index contributed by atoms with van der Waals surface area (Å²) in [6, 6.07) is 0. The predicted molar refractivity (Wildman–Crippen MR) is 253 cm³/mol. The van der Waals surface area contributed by atoms with Crippen LogP contribution in [0.1, 0.15) is 174 Å². The summed E-state index contributed by atoms with van der Waals surface area (Å²) in [6.07, 6.45) is 48.7. The first-order chi connectivity index (χ1) is 29.4. The molecule has 0 heterocycles. The Bertz CT molecular complexity index is 1280. The first-order valence-electron chi connectivity index (χ1n) is 23.8. The minimum Gasteiger partial charge on any atom is -0.462 e. The van der Waals surface area contributed by atoms with Crippen LogP contribution in [-0.4, -0.2) is 86.1 Å². The van der Waals surface area contributed by atoms with Crippen LogP contribution in [0.25, 0.3) is 0 Å². The number of likely N-dealkylation sites (N-methyl/N-ethyl adjacent to an activating group) is 1. The highest BCUT2D eigenvalue weighted by Crippen LogP contribution is 2.43. The second-order valence-corrected chi connectivity index (χ2v) is 18.4. The number of aliphatic hydroxyl groups excluding tert-OH is 1. The maximum Gasteiger partial charge on any atom is 0.472 e. The molecule has 352 valence electrons. The molecule has 0 spiro atoms. The highest BCUT2D eigenvalue weighted by atomic mass is 31.2. The van der Waals surface area contributed by atoms with Crippen molar-refractivity contribution in [2.75, 3.05) is 47.5 Å². The summed E-state index contributed by atoms with van der Waals surface area (Å²) in [5.41, 5.74) is 0. The average molecular weight is 879 g/mol. The molecule has 11 heteroatoms. The van der Waals surface area contributed by atoms with E-state index in [1.807, 2.05) is 57.6 Å². The number of hydrogen-bond acceptors (Lipinski definition) is 8. The van der Waals surface area contributed by atoms with E-state index in [4.69, 9.17) is 18.5 Å². The standard InChI is InChI=1S/C50H88NO9P/c1-6-8-10-11-12-13-14-15-16-17-18-21-24-27-30-33-37-41-49(53)57-45-48(46-59-61(55,56)58-44-43-51(3,4)5)60-50(54)42-38-34-31-28-25-22-19-20-23-26-29-32-36-40-47(52)39-35-9-7-2/h9,20,22-23,25,29,31-32,34-36,40,47-48,52H,6-8,10-19,21,24,26-28,30,33,37-39,41-46H2,1-5H3/p+1/b23-20-,25-22-,32-29+,34-31-,35-9-,40-36+/t47?,48-/m1/s1. The normalized spacial score (nSPS) is 14.7. The summed E-state index contributed by atoms with van der Waals surface area (Å²) in [5, 5.41) is 9.86. The molecule has 0 amide bonds. The maximum atomic E-state index is 12.7. The molecule has 0 rings (SSSR count). The smallest absolute Gasteiger partial charge is 0.462 e. The summed E-state index contributed by atoms with van der Waals surface area (Å²) >= 11 is 0. The van der Waals surface area contributed by atoms with Crippen molar-refractivity contribution in [2.45, 2.75) is 187 Å². The number of phosphoric acid groups is 1. The zero-order valence-electron chi connectivity index (χ0n) is 39.2. The molecular weight excluding hydrogens is 790 g/mol. The highest BCUT2D eigenvalue weighted by Gasteiger charge is 2.27. The third-order valence-electron chi connectivity index (χ3n) is 9.84. The van der Waals surface area contributed by atoms with Crippen LogP contribution in [0.3, 0.4) is 0 Å². The van der Waals surface area contributed by atoms with Crippen molar-refractivity contribution >= 4 is 19.8 Å². The van der Waals surface area contributed by atoms with Crippen LogP contribution in [0.2, 0.25) is 0 Å². The van der Waals surface area contributed by atoms with E-state index in [0.717, 1.165) is 44.9 Å². The van der Waals surface area contributed by atoms with Crippen molar-refractivity contribution in [3.63, 3.8) is 0 Å². The Labute approximate surface area is 372 Å². The Morgan fingerprint density at radius 2 is 1.13 bits per heavy atom. The molecule has 0 aliphatic heterocycles. The fourth-order valence-electron chi connectivity index (χ4n) is 6.12. The van der Waals surface area contributed by atoms with Crippen molar-refractivity contribution in [3.8, 4) is 0 Å². The van der Waals surface area contributed by atoms with E-state index in [1.54, 1.807) is 6.08 Å². The molecule has 0 aromatic rings. The van der Waals surface area contributed by atoms with Crippen LogP contribution < -0.4 is 0 Å². The number of hydrogen-bond donors (Lipinski definition) is 2. The van der Waals surface area contributed by atoms with Gasteiger partial charge in [0, 0.05) is 12.8 Å². The van der Waals surface area contributed by atoms with Crippen molar-refractivity contribution in [1.82, 2.24) is 0 Å². The Hall–Kier alpha value is -2.59. The van der Waals surface area contributed by atoms with Crippen molar-refractivity contribution in [3.05, 3.63) is 72.9 Å². The molecule has 2 unspecified atom stereocenters. The Kier molecular flexibility index (Phi) is 39.7. The van der Waals surface area contributed by atoms with Gasteiger partial charge in [-0.05, 0) is 44.9 Å². The lowest BCUT2D eigenvalue weighted by molar-refractivity contribution is -0.870. The van der Waals surface area contributed by atoms with Gasteiger partial charge >= 0.3 is 19.8 Å². The van der Waals surface area contributed by atoms with Gasteiger partial charge in [-0.3, -0.25) is 18.6 Å². The van der Waals surface area contributed by atoms with Crippen LogP contribution in [0.5, 0.6) is 0 Å². The highest BCUT2D eigenvalue weighted by molar-refractivity contribution is 7.47. The minimum absolute atomic E-state index is 0.00883. The summed E-state index contributed by atoms with van der Waals surface area (Å²) in [4.78, 5) is 35.4. The SMILES string of the molecule is CC/C=C\CC(O)/C=C/C=C/C/C=C\C/C=C\C/C=C\CCC(=O)O[C@H](COC(=O)CCCCCCCCCCCCCCCCCCC)COP(=O)(O)OCC[N+](C)(C)C. The topological polar surface area (TPSA) is 129 Å². The maximum absolute atomic E-state index is 12.7. The quantitative estimate of drug-likeness (QED) is 0.0154. The number of aliphatic hydroxyl groups is 1. The van der Waals surface area contributed by atoms with Gasteiger partial charge in [0.15, 0.2) is 6.10 Å². The molecule has 10 nitrogen and oxygen atoms in total. The lowest BCUT2D eigenvalue weighted by atomic mass is 10.0. The number of ether oxygens (including phenoxy) is 2. The van der Waals surface area contributed by atoms with E-state index in [2.05, 4.69) is 44.2 Å². The lowest BCUT2D eigenvalue weighted by Gasteiger charge is -2.24. The fraction of sp³-hybridized carbons (Fsp3) is 0.720. The molecule has 0 aromatic carbocycles. The zero-order valence-corrected chi connectivity index (χ0v) is 40.1. The molecule has 2 N–H and O–H groups in total. The predicted octanol–water partition coefficient (Wildman–Crippen LogP) is 12.8. The van der Waals surface area contributed by atoms with Crippen LogP contribution in [-0.2, 0) is 32.7 Å². The van der Waals surface area contributed by atoms with Gasteiger partial charge in [-0.15, -0.1) is 0 Å². The number of quaternary nitrogens is 1. The van der Waals surface area contributed by atoms with Gasteiger partial charge in [0.05, 0.1) is 33.9 Å². The molecule has 0 aliphatic rings. The number of carbonyl (C=O) groups is 2. The number of carbonyl (C=O) groups excluding carboxylic acids is 2. The molecule has 0 saturated heterocycles. The molecule has 3 atom stereocenters. The minimum atomic E-state index is -4.41. The number of esters is 2. The summed E-state index contributed by atoms with van der Waals surface area (Å²) < 4.78 is 34.2. The van der Waals surface area contributed by atoms with Gasteiger partial charge in [0.1, 0.15) is 19.8 Å². The Balaban J connectivity index is 4.47. The van der Waals surface area contributed by atoms with Gasteiger partial charge < -0.3 is 24.0 Å².